The van der Waals surface area contributed by atoms with Gasteiger partial charge in [-0.1, -0.05) is 159 Å². The maximum atomic E-state index is 2.49. The van der Waals surface area contributed by atoms with E-state index in [0.29, 0.717) is 0 Å². The molecule has 0 spiro atoms. The molecule has 10 aromatic rings. The molecule has 0 saturated heterocycles. The normalized spacial score (nSPS) is 13.1. The number of fused-ring (bicyclic) bond motifs is 6. The van der Waals surface area contributed by atoms with Gasteiger partial charge >= 0.3 is 0 Å². The van der Waals surface area contributed by atoms with Crippen molar-refractivity contribution in [1.82, 2.24) is 0 Å². The minimum Gasteiger partial charge on any atom is -0.310 e. The van der Waals surface area contributed by atoms with E-state index in [9.17, 15) is 0 Å². The Bertz CT molecular complexity index is 3110. The predicted molar refractivity (Wildman–Crippen MR) is 237 cm³/mol. The quantitative estimate of drug-likeness (QED) is 0.171. The van der Waals surface area contributed by atoms with Crippen LogP contribution in [0.4, 0.5) is 17.1 Å². The van der Waals surface area contributed by atoms with Crippen molar-refractivity contribution in [1.29, 1.82) is 0 Å². The van der Waals surface area contributed by atoms with Crippen LogP contribution in [0.3, 0.4) is 0 Å². The van der Waals surface area contributed by atoms with Gasteiger partial charge in [-0.3, -0.25) is 0 Å². The van der Waals surface area contributed by atoms with Gasteiger partial charge in [0.25, 0.3) is 0 Å². The molecular weight excluding hydrogens is 683 g/mol. The molecule has 0 aliphatic heterocycles. The topological polar surface area (TPSA) is 3.24 Å². The second-order valence-corrected chi connectivity index (χ2v) is 16.4. The van der Waals surface area contributed by atoms with Gasteiger partial charge in [-0.25, -0.2) is 0 Å². The Hall–Kier alpha value is -6.48. The lowest BCUT2D eigenvalue weighted by molar-refractivity contribution is 0.645. The van der Waals surface area contributed by atoms with E-state index < -0.39 is 0 Å². The molecule has 2 heteroatoms. The lowest BCUT2D eigenvalue weighted by Crippen LogP contribution is -2.24. The SMILES string of the molecule is CC1(C)c2ccc(-c3cccc4c3sc3ccccc34)cc2-c2c(N(c3ccc(-c4ccccc4)cc3)c3ccc4ccccc4c3)ccc3cccc1c23. The van der Waals surface area contributed by atoms with E-state index in [1.807, 2.05) is 11.3 Å². The fourth-order valence-electron chi connectivity index (χ4n) is 9.11. The number of nitrogens with zero attached hydrogens (tertiary/aromatic N) is 1. The molecule has 0 N–H and O–H groups in total. The molecule has 0 atom stereocenters. The van der Waals surface area contributed by atoms with Gasteiger partial charge in [0.2, 0.25) is 0 Å². The summed E-state index contributed by atoms with van der Waals surface area (Å²) in [5, 5.41) is 7.71. The van der Waals surface area contributed by atoms with Gasteiger partial charge in [0.1, 0.15) is 0 Å². The Balaban J connectivity index is 1.19. The molecule has 0 amide bonds. The lowest BCUT2D eigenvalue weighted by atomic mass is 9.67. The lowest BCUT2D eigenvalue weighted by Gasteiger charge is -2.38. The minimum atomic E-state index is -0.187. The van der Waals surface area contributed by atoms with Crippen molar-refractivity contribution >= 4 is 70.1 Å². The molecule has 9 aromatic carbocycles. The molecule has 1 aliphatic carbocycles. The highest BCUT2D eigenvalue weighted by atomic mass is 32.1. The maximum absolute atomic E-state index is 2.49. The van der Waals surface area contributed by atoms with Crippen molar-refractivity contribution < 1.29 is 0 Å². The molecule has 1 aromatic heterocycles. The molecule has 1 heterocycles. The van der Waals surface area contributed by atoms with Crippen LogP contribution in [0.2, 0.25) is 0 Å². The molecule has 0 bridgehead atoms. The summed E-state index contributed by atoms with van der Waals surface area (Å²) in [5.41, 5.74) is 13.5. The van der Waals surface area contributed by atoms with Gasteiger partial charge in [-0.2, -0.15) is 0 Å². The molecule has 0 saturated carbocycles. The van der Waals surface area contributed by atoms with Crippen molar-refractivity contribution in [2.75, 3.05) is 4.90 Å². The third-order valence-electron chi connectivity index (χ3n) is 11.8. The van der Waals surface area contributed by atoms with Crippen molar-refractivity contribution in [3.63, 3.8) is 0 Å². The summed E-state index contributed by atoms with van der Waals surface area (Å²) in [7, 11) is 0. The van der Waals surface area contributed by atoms with Crippen molar-refractivity contribution in [3.05, 3.63) is 199 Å². The summed E-state index contributed by atoms with van der Waals surface area (Å²) in [6.07, 6.45) is 0. The highest BCUT2D eigenvalue weighted by Gasteiger charge is 2.36. The van der Waals surface area contributed by atoms with E-state index >= 15 is 0 Å². The van der Waals surface area contributed by atoms with Crippen LogP contribution >= 0.6 is 11.3 Å². The summed E-state index contributed by atoms with van der Waals surface area (Å²) in [6.45, 7) is 4.79. The van der Waals surface area contributed by atoms with Crippen LogP contribution in [0.1, 0.15) is 25.0 Å². The third kappa shape index (κ3) is 4.99. The Morgan fingerprint density at radius 2 is 1.11 bits per heavy atom. The number of thiophene rings is 1. The fourth-order valence-corrected chi connectivity index (χ4v) is 10.3. The number of rotatable bonds is 5. The number of hydrogen-bond acceptors (Lipinski definition) is 2. The number of hydrogen-bond donors (Lipinski definition) is 0. The first kappa shape index (κ1) is 32.0. The van der Waals surface area contributed by atoms with Gasteiger partial charge in [-0.05, 0) is 103 Å². The zero-order valence-electron chi connectivity index (χ0n) is 30.8. The minimum absolute atomic E-state index is 0.187. The molecule has 260 valence electrons. The van der Waals surface area contributed by atoms with E-state index in [1.54, 1.807) is 0 Å². The van der Waals surface area contributed by atoms with E-state index in [1.165, 1.54) is 91.9 Å². The zero-order chi connectivity index (χ0) is 36.7. The molecule has 0 fully saturated rings. The van der Waals surface area contributed by atoms with Crippen LogP contribution < -0.4 is 4.90 Å². The van der Waals surface area contributed by atoms with E-state index in [4.69, 9.17) is 0 Å². The average Bonchev–Trinajstić information content (AvgIpc) is 3.62. The summed E-state index contributed by atoms with van der Waals surface area (Å²) in [5.74, 6) is 0. The van der Waals surface area contributed by atoms with Gasteiger partial charge in [-0.15, -0.1) is 11.3 Å². The summed E-state index contributed by atoms with van der Waals surface area (Å²) in [6, 6.07) is 69.7. The fraction of sp³-hybridized carbons (Fsp3) is 0.0566. The first-order chi connectivity index (χ1) is 27.0. The Kier molecular flexibility index (Phi) is 7.14. The second kappa shape index (κ2) is 12.3. The molecule has 55 heavy (non-hydrogen) atoms. The molecule has 1 nitrogen and oxygen atoms in total. The molecular formula is C53H37NS. The molecule has 0 radical (unpaired) electrons. The standard InChI is InChI=1S/C53H37NS/c1-53(2)46-30-25-39(42-18-11-19-44-43-17-8-9-21-49(43)55-52(42)44)33-45(46)51-48(31-26-37-16-10-20-47(53)50(37)51)54(41-29-24-35-14-6-7-15-38(35)32-41)40-27-22-36(23-28-40)34-12-4-3-5-13-34/h3-33H,1-2H3. The third-order valence-corrected chi connectivity index (χ3v) is 13.1. The summed E-state index contributed by atoms with van der Waals surface area (Å²) in [4.78, 5) is 2.48. The van der Waals surface area contributed by atoms with Crippen molar-refractivity contribution in [3.8, 4) is 33.4 Å². The van der Waals surface area contributed by atoms with Gasteiger partial charge < -0.3 is 4.90 Å². The van der Waals surface area contributed by atoms with Crippen LogP contribution in [0.5, 0.6) is 0 Å². The monoisotopic (exact) mass is 719 g/mol. The Labute approximate surface area is 325 Å². The highest BCUT2D eigenvalue weighted by molar-refractivity contribution is 7.26. The zero-order valence-corrected chi connectivity index (χ0v) is 31.6. The van der Waals surface area contributed by atoms with Crippen molar-refractivity contribution in [2.24, 2.45) is 0 Å². The smallest absolute Gasteiger partial charge is 0.0546 e. The predicted octanol–water partition coefficient (Wildman–Crippen LogP) is 15.5. The molecule has 0 unspecified atom stereocenters. The first-order valence-electron chi connectivity index (χ1n) is 19.1. The average molecular weight is 720 g/mol. The van der Waals surface area contributed by atoms with Crippen LogP contribution in [-0.2, 0) is 5.41 Å². The maximum Gasteiger partial charge on any atom is 0.0546 e. The van der Waals surface area contributed by atoms with Crippen LogP contribution in [0, 0.1) is 0 Å². The van der Waals surface area contributed by atoms with Crippen LogP contribution in [-0.4, -0.2) is 0 Å². The van der Waals surface area contributed by atoms with Gasteiger partial charge in [0, 0.05) is 42.5 Å². The second-order valence-electron chi connectivity index (χ2n) is 15.3. The van der Waals surface area contributed by atoms with Crippen molar-refractivity contribution in [2.45, 2.75) is 19.3 Å². The largest absolute Gasteiger partial charge is 0.310 e. The van der Waals surface area contributed by atoms with Crippen LogP contribution in [0.25, 0.3) is 75.1 Å². The summed E-state index contributed by atoms with van der Waals surface area (Å²) >= 11 is 1.90. The Morgan fingerprint density at radius 1 is 0.436 bits per heavy atom. The molecule has 1 aliphatic rings. The molecule has 11 rings (SSSR count). The van der Waals surface area contributed by atoms with Crippen LogP contribution in [0.15, 0.2) is 188 Å². The Morgan fingerprint density at radius 3 is 1.98 bits per heavy atom. The highest BCUT2D eigenvalue weighted by Crippen LogP contribution is 2.55. The number of benzene rings is 9. The van der Waals surface area contributed by atoms with E-state index in [-0.39, 0.29) is 5.41 Å². The first-order valence-corrected chi connectivity index (χ1v) is 19.9. The summed E-state index contributed by atoms with van der Waals surface area (Å²) < 4.78 is 2.67. The van der Waals surface area contributed by atoms with E-state index in [2.05, 4.69) is 207 Å². The van der Waals surface area contributed by atoms with E-state index in [0.717, 1.165) is 11.4 Å². The van der Waals surface area contributed by atoms with Gasteiger partial charge in [0.05, 0.1) is 5.69 Å². The number of anilines is 3. The van der Waals surface area contributed by atoms with Gasteiger partial charge in [0.15, 0.2) is 0 Å².